The van der Waals surface area contributed by atoms with E-state index in [4.69, 9.17) is 11.6 Å². The van der Waals surface area contributed by atoms with Crippen LogP contribution in [0.1, 0.15) is 13.3 Å². The highest BCUT2D eigenvalue weighted by Crippen LogP contribution is 2.25. The normalized spacial score (nSPS) is 26.1. The van der Waals surface area contributed by atoms with Gasteiger partial charge in [-0.15, -0.1) is 11.6 Å². The van der Waals surface area contributed by atoms with Gasteiger partial charge in [-0.1, -0.05) is 6.58 Å². The Kier molecular flexibility index (Phi) is 3.15. The van der Waals surface area contributed by atoms with Crippen LogP contribution in [0.5, 0.6) is 0 Å². The molecule has 3 heteroatoms. The van der Waals surface area contributed by atoms with Crippen molar-refractivity contribution in [3.63, 3.8) is 0 Å². The summed E-state index contributed by atoms with van der Waals surface area (Å²) in [6, 6.07) is 0.546. The average Bonchev–Trinajstić information content (AvgIpc) is 2.02. The molecule has 0 radical (unpaired) electrons. The van der Waals surface area contributed by atoms with E-state index in [0.717, 1.165) is 13.0 Å². The van der Waals surface area contributed by atoms with Crippen LogP contribution in [0.15, 0.2) is 17.3 Å². The van der Waals surface area contributed by atoms with Crippen LogP contribution in [-0.2, 0) is 0 Å². The fraction of sp³-hybridized carbons (Fsp3) is 0.667. The van der Waals surface area contributed by atoms with Crippen molar-refractivity contribution in [2.45, 2.75) is 24.8 Å². The van der Waals surface area contributed by atoms with Gasteiger partial charge in [0.05, 0.1) is 18.0 Å². The Labute approximate surface area is 78.9 Å². The van der Waals surface area contributed by atoms with E-state index in [1.54, 1.807) is 6.21 Å². The lowest BCUT2D eigenvalue weighted by atomic mass is 10.0. The van der Waals surface area contributed by atoms with Crippen LogP contribution in [0.2, 0.25) is 0 Å². The highest BCUT2D eigenvalue weighted by molar-refractivity contribution is 6.27. The van der Waals surface area contributed by atoms with Crippen molar-refractivity contribution in [3.05, 3.63) is 12.3 Å². The fourth-order valence-corrected chi connectivity index (χ4v) is 1.29. The Morgan fingerprint density at radius 3 is 3.00 bits per heavy atom. The van der Waals surface area contributed by atoms with Crippen LogP contribution in [0.4, 0.5) is 0 Å². The molecule has 0 amide bonds. The van der Waals surface area contributed by atoms with Gasteiger partial charge in [0.2, 0.25) is 0 Å². The molecule has 0 aliphatic carbocycles. The number of likely N-dealkylation sites (N-methyl/N-ethyl adjacent to an activating group) is 1. The largest absolute Gasteiger partial charge is 0.373 e. The van der Waals surface area contributed by atoms with E-state index in [9.17, 15) is 0 Å². The van der Waals surface area contributed by atoms with Gasteiger partial charge in [-0.05, 0) is 6.92 Å². The number of alkyl halides is 1. The Balaban J connectivity index is 2.21. The molecule has 0 aromatic heterocycles. The fourth-order valence-electron chi connectivity index (χ4n) is 1.21. The zero-order chi connectivity index (χ0) is 9.14. The quantitative estimate of drug-likeness (QED) is 0.486. The first kappa shape index (κ1) is 9.59. The summed E-state index contributed by atoms with van der Waals surface area (Å²) in [5.74, 6) is 0. The molecule has 68 valence electrons. The van der Waals surface area contributed by atoms with Gasteiger partial charge >= 0.3 is 0 Å². The lowest BCUT2D eigenvalue weighted by Gasteiger charge is -2.41. The summed E-state index contributed by atoms with van der Waals surface area (Å²) in [5, 5.41) is 0.0404. The molecule has 12 heavy (non-hydrogen) atoms. The van der Waals surface area contributed by atoms with E-state index in [0.29, 0.717) is 6.04 Å². The van der Waals surface area contributed by atoms with E-state index in [1.807, 2.05) is 6.92 Å². The summed E-state index contributed by atoms with van der Waals surface area (Å²) in [5.41, 5.74) is 1.20. The minimum Gasteiger partial charge on any atom is -0.373 e. The number of rotatable bonds is 3. The van der Waals surface area contributed by atoms with Crippen molar-refractivity contribution >= 4 is 17.8 Å². The van der Waals surface area contributed by atoms with Crippen molar-refractivity contribution in [1.82, 2.24) is 4.90 Å². The molecule has 2 unspecified atom stereocenters. The number of likely N-dealkylation sites (tertiary alicyclic amines) is 1. The molecule has 1 aliphatic heterocycles. The van der Waals surface area contributed by atoms with Gasteiger partial charge in [0, 0.05) is 25.4 Å². The molecule has 2 atom stereocenters. The summed E-state index contributed by atoms with van der Waals surface area (Å²) in [6.45, 7) is 6.63. The van der Waals surface area contributed by atoms with Crippen molar-refractivity contribution < 1.29 is 0 Å². The second kappa shape index (κ2) is 3.94. The number of halogens is 1. The molecule has 0 aromatic rings. The zero-order valence-electron chi connectivity index (χ0n) is 7.63. The minimum absolute atomic E-state index is 0.0404. The zero-order valence-corrected chi connectivity index (χ0v) is 8.38. The van der Waals surface area contributed by atoms with Crippen LogP contribution in [0.3, 0.4) is 0 Å². The van der Waals surface area contributed by atoms with Crippen LogP contribution >= 0.6 is 11.6 Å². The predicted molar refractivity (Wildman–Crippen MR) is 54.0 cm³/mol. The number of aliphatic imine (C=N–C) groups is 1. The van der Waals surface area contributed by atoms with Crippen molar-refractivity contribution in [3.8, 4) is 0 Å². The molecular weight excluding hydrogens is 172 g/mol. The first-order valence-electron chi connectivity index (χ1n) is 4.16. The third-order valence-corrected chi connectivity index (χ3v) is 2.26. The van der Waals surface area contributed by atoms with Gasteiger partial charge in [0.1, 0.15) is 0 Å². The lowest BCUT2D eigenvalue weighted by Crippen LogP contribution is -2.44. The second-order valence-electron chi connectivity index (χ2n) is 3.23. The maximum atomic E-state index is 5.71. The smallest absolute Gasteiger partial charge is 0.0655 e. The monoisotopic (exact) mass is 186 g/mol. The SMILES string of the molecule is C=C1CC(CN=CC(C)Cl)N1C. The Bertz CT molecular complexity index is 199. The molecule has 2 nitrogen and oxygen atoms in total. The van der Waals surface area contributed by atoms with Gasteiger partial charge in [-0.3, -0.25) is 4.99 Å². The number of hydrogen-bond donors (Lipinski definition) is 0. The van der Waals surface area contributed by atoms with E-state index >= 15 is 0 Å². The summed E-state index contributed by atoms with van der Waals surface area (Å²) in [4.78, 5) is 6.40. The molecule has 0 saturated carbocycles. The topological polar surface area (TPSA) is 15.6 Å². The minimum atomic E-state index is 0.0404. The van der Waals surface area contributed by atoms with Crippen LogP contribution < -0.4 is 0 Å². The summed E-state index contributed by atoms with van der Waals surface area (Å²) in [6.07, 6.45) is 2.86. The maximum absolute atomic E-state index is 5.71. The first-order valence-corrected chi connectivity index (χ1v) is 4.59. The molecule has 0 spiro atoms. The van der Waals surface area contributed by atoms with E-state index in [2.05, 4.69) is 23.5 Å². The summed E-state index contributed by atoms with van der Waals surface area (Å²) < 4.78 is 0. The van der Waals surface area contributed by atoms with Crippen LogP contribution in [0, 0.1) is 0 Å². The van der Waals surface area contributed by atoms with Crippen molar-refractivity contribution in [2.75, 3.05) is 13.6 Å². The molecular formula is C9H15ClN2. The molecule has 0 aromatic carbocycles. The highest BCUT2D eigenvalue weighted by Gasteiger charge is 2.26. The number of hydrogen-bond acceptors (Lipinski definition) is 2. The Morgan fingerprint density at radius 2 is 2.58 bits per heavy atom. The average molecular weight is 187 g/mol. The van der Waals surface area contributed by atoms with Crippen molar-refractivity contribution in [1.29, 1.82) is 0 Å². The Morgan fingerprint density at radius 1 is 1.92 bits per heavy atom. The molecule has 1 rings (SSSR count). The molecule has 1 aliphatic rings. The second-order valence-corrected chi connectivity index (χ2v) is 3.92. The third-order valence-electron chi connectivity index (χ3n) is 2.14. The molecule has 1 fully saturated rings. The lowest BCUT2D eigenvalue weighted by molar-refractivity contribution is 0.206. The van der Waals surface area contributed by atoms with Gasteiger partial charge in [0.25, 0.3) is 0 Å². The third kappa shape index (κ3) is 2.24. The van der Waals surface area contributed by atoms with Gasteiger partial charge in [-0.2, -0.15) is 0 Å². The first-order chi connectivity index (χ1) is 5.61. The summed E-state index contributed by atoms with van der Waals surface area (Å²) in [7, 11) is 2.05. The standard InChI is InChI=1S/C9H15ClN2/c1-7(10)5-11-6-9-4-8(2)12(9)3/h5,7,9H,2,4,6H2,1,3H3. The number of nitrogens with zero attached hydrogens (tertiary/aromatic N) is 2. The molecule has 0 bridgehead atoms. The molecule has 1 heterocycles. The molecule has 0 N–H and O–H groups in total. The van der Waals surface area contributed by atoms with Crippen LogP contribution in [-0.4, -0.2) is 36.1 Å². The van der Waals surface area contributed by atoms with Gasteiger partial charge in [-0.25, -0.2) is 0 Å². The molecule has 1 saturated heterocycles. The van der Waals surface area contributed by atoms with Crippen molar-refractivity contribution in [2.24, 2.45) is 4.99 Å². The highest BCUT2D eigenvalue weighted by atomic mass is 35.5. The van der Waals surface area contributed by atoms with E-state index < -0.39 is 0 Å². The van der Waals surface area contributed by atoms with Gasteiger partial charge < -0.3 is 4.90 Å². The van der Waals surface area contributed by atoms with E-state index in [-0.39, 0.29) is 5.38 Å². The summed E-state index contributed by atoms with van der Waals surface area (Å²) >= 11 is 5.71. The van der Waals surface area contributed by atoms with Gasteiger partial charge in [0.15, 0.2) is 0 Å². The van der Waals surface area contributed by atoms with E-state index in [1.165, 1.54) is 5.70 Å². The predicted octanol–water partition coefficient (Wildman–Crippen LogP) is 1.90. The maximum Gasteiger partial charge on any atom is 0.0655 e. The Hall–Kier alpha value is -0.500. The van der Waals surface area contributed by atoms with Crippen LogP contribution in [0.25, 0.3) is 0 Å².